The van der Waals surface area contributed by atoms with Crippen LogP contribution >= 0.6 is 0 Å². The second-order valence-electron chi connectivity index (χ2n) is 5.24. The van der Waals surface area contributed by atoms with Crippen molar-refractivity contribution in [1.29, 1.82) is 0 Å². The van der Waals surface area contributed by atoms with E-state index in [0.717, 1.165) is 11.8 Å². The third-order valence-corrected chi connectivity index (χ3v) is 4.12. The van der Waals surface area contributed by atoms with E-state index in [9.17, 15) is 0 Å². The summed E-state index contributed by atoms with van der Waals surface area (Å²) < 4.78 is 0. The average Bonchev–Trinajstić information content (AvgIpc) is 2.27. The van der Waals surface area contributed by atoms with E-state index in [1.54, 1.807) is 32.1 Å². The van der Waals surface area contributed by atoms with Crippen molar-refractivity contribution >= 4 is 0 Å². The van der Waals surface area contributed by atoms with Crippen molar-refractivity contribution in [2.24, 2.45) is 11.8 Å². The molecule has 2 aliphatic carbocycles. The van der Waals surface area contributed by atoms with Crippen LogP contribution in [0.3, 0.4) is 0 Å². The Bertz CT molecular complexity index is 123. The van der Waals surface area contributed by atoms with E-state index >= 15 is 0 Å². The summed E-state index contributed by atoms with van der Waals surface area (Å²) >= 11 is 0. The summed E-state index contributed by atoms with van der Waals surface area (Å²) in [5.41, 5.74) is 0. The third kappa shape index (κ3) is 3.00. The van der Waals surface area contributed by atoms with Crippen LogP contribution < -0.4 is 0 Å². The molecule has 0 heterocycles. The van der Waals surface area contributed by atoms with Gasteiger partial charge in [-0.15, -0.1) is 0 Å². The van der Waals surface area contributed by atoms with Gasteiger partial charge in [0.1, 0.15) is 0 Å². The maximum absolute atomic E-state index is 1.58. The van der Waals surface area contributed by atoms with Gasteiger partial charge in [-0.3, -0.25) is 0 Å². The number of rotatable bonds is 0. The molecule has 0 aromatic heterocycles. The lowest BCUT2D eigenvalue weighted by Gasteiger charge is -2.17. The van der Waals surface area contributed by atoms with Gasteiger partial charge in [-0.25, -0.2) is 0 Å². The summed E-state index contributed by atoms with van der Waals surface area (Å²) in [5.74, 6) is 2.23. The normalized spacial score (nSPS) is 36.9. The van der Waals surface area contributed by atoms with Crippen LogP contribution in [0.4, 0.5) is 0 Å². The number of fused-ring (bicyclic) bond motifs is 2. The van der Waals surface area contributed by atoms with Crippen molar-refractivity contribution in [3.63, 3.8) is 0 Å². The van der Waals surface area contributed by atoms with E-state index < -0.39 is 0 Å². The largest absolute Gasteiger partial charge is 0.0533 e. The highest BCUT2D eigenvalue weighted by atomic mass is 14.3. The van der Waals surface area contributed by atoms with Gasteiger partial charge >= 0.3 is 0 Å². The fraction of sp³-hybridized carbons (Fsp3) is 1.00. The van der Waals surface area contributed by atoms with Crippen LogP contribution in [0.5, 0.6) is 0 Å². The molecule has 0 saturated heterocycles. The molecule has 2 aliphatic rings. The van der Waals surface area contributed by atoms with E-state index in [0.29, 0.717) is 0 Å². The van der Waals surface area contributed by atoms with E-state index in [1.807, 2.05) is 0 Å². The molecule has 2 bridgehead atoms. The summed E-state index contributed by atoms with van der Waals surface area (Å²) in [6, 6.07) is 0. The van der Waals surface area contributed by atoms with Crippen LogP contribution in [-0.2, 0) is 0 Å². The highest BCUT2D eigenvalue weighted by Crippen LogP contribution is 2.35. The molecule has 13 heavy (non-hydrogen) atoms. The van der Waals surface area contributed by atoms with Gasteiger partial charge in [0.15, 0.2) is 0 Å². The van der Waals surface area contributed by atoms with Crippen molar-refractivity contribution in [3.8, 4) is 0 Å². The lowest BCUT2D eigenvalue weighted by molar-refractivity contribution is 0.346. The molecule has 0 amide bonds. The van der Waals surface area contributed by atoms with Gasteiger partial charge in [0.05, 0.1) is 0 Å². The van der Waals surface area contributed by atoms with Crippen molar-refractivity contribution in [2.45, 2.75) is 70.6 Å². The summed E-state index contributed by atoms with van der Waals surface area (Å²) in [5, 5.41) is 0. The molecular weight excluding hydrogens is 156 g/mol. The second-order valence-corrected chi connectivity index (χ2v) is 5.24. The molecule has 0 spiro atoms. The van der Waals surface area contributed by atoms with Crippen LogP contribution in [0.1, 0.15) is 70.6 Å². The zero-order valence-electron chi connectivity index (χ0n) is 8.93. The first kappa shape index (κ1) is 9.55. The minimum absolute atomic E-state index is 1.12. The minimum atomic E-state index is 1.12. The van der Waals surface area contributed by atoms with Gasteiger partial charge in [0, 0.05) is 0 Å². The highest BCUT2D eigenvalue weighted by Gasteiger charge is 2.20. The number of hydrogen-bond acceptors (Lipinski definition) is 0. The summed E-state index contributed by atoms with van der Waals surface area (Å²) in [4.78, 5) is 0. The Labute approximate surface area is 83.1 Å². The van der Waals surface area contributed by atoms with Crippen LogP contribution in [-0.4, -0.2) is 0 Å². The first-order chi connectivity index (χ1) is 6.45. The van der Waals surface area contributed by atoms with Gasteiger partial charge in [-0.05, 0) is 18.3 Å². The van der Waals surface area contributed by atoms with Gasteiger partial charge in [-0.2, -0.15) is 0 Å². The summed E-state index contributed by atoms with van der Waals surface area (Å²) in [6.45, 7) is 0. The molecule has 2 atom stereocenters. The van der Waals surface area contributed by atoms with Gasteiger partial charge in [0.2, 0.25) is 0 Å². The molecule has 0 aromatic carbocycles. The fourth-order valence-electron chi connectivity index (χ4n) is 3.32. The van der Waals surface area contributed by atoms with Crippen LogP contribution in [0.15, 0.2) is 0 Å². The van der Waals surface area contributed by atoms with Crippen LogP contribution in [0, 0.1) is 11.8 Å². The molecule has 0 nitrogen and oxygen atoms in total. The van der Waals surface area contributed by atoms with Gasteiger partial charge in [0.25, 0.3) is 0 Å². The van der Waals surface area contributed by atoms with E-state index in [2.05, 4.69) is 0 Å². The van der Waals surface area contributed by atoms with Crippen molar-refractivity contribution in [2.75, 3.05) is 0 Å². The Balaban J connectivity index is 1.91. The Morgan fingerprint density at radius 1 is 0.462 bits per heavy atom. The summed E-state index contributed by atoms with van der Waals surface area (Å²) in [6.07, 6.45) is 16.9. The zero-order chi connectivity index (χ0) is 8.93. The first-order valence-electron chi connectivity index (χ1n) is 6.45. The maximum Gasteiger partial charge on any atom is -0.0412 e. The van der Waals surface area contributed by atoms with Gasteiger partial charge in [-0.1, -0.05) is 64.2 Å². The smallest absolute Gasteiger partial charge is 0.0412 e. The molecule has 2 fully saturated rings. The Morgan fingerprint density at radius 3 is 1.31 bits per heavy atom. The standard InChI is InChI=1S/C13H24/c1-2-4-8-13-10-6-5-9-12(11-13)7-3-1/h12-13H,1-11H2. The Morgan fingerprint density at radius 2 is 0.846 bits per heavy atom. The average molecular weight is 180 g/mol. The predicted octanol–water partition coefficient (Wildman–Crippen LogP) is 4.54. The first-order valence-corrected chi connectivity index (χ1v) is 6.45. The lowest BCUT2D eigenvalue weighted by atomic mass is 9.88. The van der Waals surface area contributed by atoms with Gasteiger partial charge < -0.3 is 0 Å². The quantitative estimate of drug-likeness (QED) is 0.513. The predicted molar refractivity (Wildman–Crippen MR) is 57.8 cm³/mol. The van der Waals surface area contributed by atoms with E-state index in [1.165, 1.54) is 38.5 Å². The molecule has 0 heteroatoms. The molecule has 2 unspecified atom stereocenters. The molecule has 76 valence electrons. The lowest BCUT2D eigenvalue weighted by Crippen LogP contribution is -2.05. The van der Waals surface area contributed by atoms with Crippen molar-refractivity contribution in [3.05, 3.63) is 0 Å². The monoisotopic (exact) mass is 180 g/mol. The van der Waals surface area contributed by atoms with Crippen LogP contribution in [0.2, 0.25) is 0 Å². The van der Waals surface area contributed by atoms with Crippen LogP contribution in [0.25, 0.3) is 0 Å². The second kappa shape index (κ2) is 5.02. The molecular formula is C13H24. The Kier molecular flexibility index (Phi) is 3.69. The molecule has 0 N–H and O–H groups in total. The fourth-order valence-corrected chi connectivity index (χ4v) is 3.32. The zero-order valence-corrected chi connectivity index (χ0v) is 8.93. The van der Waals surface area contributed by atoms with Crippen molar-refractivity contribution < 1.29 is 0 Å². The van der Waals surface area contributed by atoms with E-state index in [4.69, 9.17) is 0 Å². The summed E-state index contributed by atoms with van der Waals surface area (Å²) in [7, 11) is 0. The van der Waals surface area contributed by atoms with Crippen molar-refractivity contribution in [1.82, 2.24) is 0 Å². The minimum Gasteiger partial charge on any atom is -0.0533 e. The Hall–Kier alpha value is 0. The maximum atomic E-state index is 1.58. The van der Waals surface area contributed by atoms with E-state index in [-0.39, 0.29) is 0 Å². The number of hydrogen-bond donors (Lipinski definition) is 0. The SMILES string of the molecule is C1CCCC2CCCCC(CC1)C2. The molecule has 0 radical (unpaired) electrons. The molecule has 2 rings (SSSR count). The molecule has 2 saturated carbocycles. The topological polar surface area (TPSA) is 0 Å². The third-order valence-electron chi connectivity index (χ3n) is 4.12. The highest BCUT2D eigenvalue weighted by molar-refractivity contribution is 4.73. The molecule has 0 aliphatic heterocycles. The molecule has 0 aromatic rings.